The van der Waals surface area contributed by atoms with Gasteiger partial charge in [-0.05, 0) is 62.7 Å². The molecule has 1 aliphatic rings. The minimum atomic E-state index is -0.423. The minimum absolute atomic E-state index is 0.423. The lowest BCUT2D eigenvalue weighted by Gasteiger charge is -2.36. The largest absolute Gasteiger partial charge is 0.500 e. The molecule has 0 bridgehead atoms. The smallest absolute Gasteiger partial charge is 0.164 e. The lowest BCUT2D eigenvalue weighted by Crippen LogP contribution is -2.37. The second-order valence-electron chi connectivity index (χ2n) is 15.5. The van der Waals surface area contributed by atoms with E-state index in [1.165, 1.54) is 42.4 Å². The van der Waals surface area contributed by atoms with Crippen molar-refractivity contribution in [2.45, 2.75) is 5.40 Å². The SMILES string of the molecule is BC1(B)Oc2cccc(-c3ccc(-c4nc(-c5ccc(-c6ccccc6)cc5)nc(-c5cccc(-c6cccc7c6sc6ccccc67)c5)n4)cc3)c2-c2ccccc21. The molecule has 10 aromatic rings. The quantitative estimate of drug-likeness (QED) is 0.158. The zero-order valence-corrected chi connectivity index (χ0v) is 33.4. The van der Waals surface area contributed by atoms with Gasteiger partial charge in [-0.25, -0.2) is 15.0 Å². The number of hydrogen-bond acceptors (Lipinski definition) is 5. The van der Waals surface area contributed by atoms with Crippen LogP contribution < -0.4 is 4.74 Å². The first-order valence-electron chi connectivity index (χ1n) is 19.9. The van der Waals surface area contributed by atoms with E-state index in [1.807, 2.05) is 17.4 Å². The standard InChI is InChI=1S/C52H35B2N3OS/c53-52(54)44-20-6-4-16-43(44)47-39(17-10-21-45(47)58-52)34-25-29-36(30-26-34)50-55-49(35-27-23-33(24-28-35)32-11-2-1-3-12-32)56-51(57-50)38-14-8-13-37(31-38)40-18-9-19-42-41-15-5-7-22-46(41)59-48(40)42/h1-31H,53-54H2. The molecule has 1 aliphatic heterocycles. The molecule has 0 unspecified atom stereocenters. The number of ether oxygens (including phenoxy) is 1. The van der Waals surface area contributed by atoms with E-state index in [4.69, 9.17) is 19.7 Å². The van der Waals surface area contributed by atoms with Crippen LogP contribution in [0.15, 0.2) is 188 Å². The number of benzene rings is 8. The van der Waals surface area contributed by atoms with E-state index in [1.54, 1.807) is 0 Å². The molecule has 0 amide bonds. The summed E-state index contributed by atoms with van der Waals surface area (Å²) in [5, 5.41) is 2.14. The molecule has 0 saturated heterocycles. The summed E-state index contributed by atoms with van der Waals surface area (Å²) < 4.78 is 9.15. The highest BCUT2D eigenvalue weighted by Gasteiger charge is 2.33. The molecule has 11 rings (SSSR count). The topological polar surface area (TPSA) is 47.9 Å². The Balaban J connectivity index is 1.02. The first-order chi connectivity index (χ1) is 29.0. The number of fused-ring (bicyclic) bond motifs is 6. The molecule has 0 radical (unpaired) electrons. The number of nitrogens with zero attached hydrogens (tertiary/aromatic N) is 3. The van der Waals surface area contributed by atoms with Crippen LogP contribution in [-0.2, 0) is 5.40 Å². The van der Waals surface area contributed by atoms with Gasteiger partial charge >= 0.3 is 0 Å². The highest BCUT2D eigenvalue weighted by atomic mass is 32.1. The average Bonchev–Trinajstić information content (AvgIpc) is 3.68. The Morgan fingerprint density at radius 2 is 0.932 bits per heavy atom. The summed E-state index contributed by atoms with van der Waals surface area (Å²) in [6, 6.07) is 66.2. The number of hydrogen-bond donors (Lipinski definition) is 0. The van der Waals surface area contributed by atoms with Gasteiger partial charge in [-0.1, -0.05) is 170 Å². The van der Waals surface area contributed by atoms with Crippen LogP contribution in [0.25, 0.3) is 98.8 Å². The first-order valence-corrected chi connectivity index (χ1v) is 20.7. The van der Waals surface area contributed by atoms with Crippen LogP contribution in [0.5, 0.6) is 5.75 Å². The highest BCUT2D eigenvalue weighted by Crippen LogP contribution is 2.48. The molecule has 7 heteroatoms. The highest BCUT2D eigenvalue weighted by molar-refractivity contribution is 7.26. The van der Waals surface area contributed by atoms with Crippen LogP contribution in [0.4, 0.5) is 0 Å². The summed E-state index contributed by atoms with van der Waals surface area (Å²) in [5.74, 6) is 2.76. The molecule has 8 aromatic carbocycles. The van der Waals surface area contributed by atoms with Crippen LogP contribution >= 0.6 is 11.3 Å². The summed E-state index contributed by atoms with van der Waals surface area (Å²) in [4.78, 5) is 15.4. The van der Waals surface area contributed by atoms with Gasteiger partial charge in [0.2, 0.25) is 0 Å². The van der Waals surface area contributed by atoms with E-state index >= 15 is 0 Å². The van der Waals surface area contributed by atoms with Crippen LogP contribution in [0.3, 0.4) is 0 Å². The molecule has 0 aliphatic carbocycles. The molecule has 59 heavy (non-hydrogen) atoms. The summed E-state index contributed by atoms with van der Waals surface area (Å²) >= 11 is 1.84. The van der Waals surface area contributed by atoms with Gasteiger partial charge in [-0.15, -0.1) is 11.3 Å². The first kappa shape index (κ1) is 35.1. The van der Waals surface area contributed by atoms with Gasteiger partial charge < -0.3 is 4.74 Å². The Kier molecular flexibility index (Phi) is 8.38. The summed E-state index contributed by atoms with van der Waals surface area (Å²) in [5.41, 5.74) is 13.1. The second-order valence-corrected chi connectivity index (χ2v) is 16.6. The van der Waals surface area contributed by atoms with Gasteiger partial charge in [0, 0.05) is 42.4 Å². The molecule has 0 N–H and O–H groups in total. The minimum Gasteiger partial charge on any atom is -0.500 e. The van der Waals surface area contributed by atoms with Crippen LogP contribution in [0.1, 0.15) is 5.56 Å². The van der Waals surface area contributed by atoms with Gasteiger partial charge in [0.15, 0.2) is 33.2 Å². The molecule has 0 saturated carbocycles. The Bertz CT molecular complexity index is 3220. The lowest BCUT2D eigenvalue weighted by atomic mass is 9.58. The molecule has 0 fully saturated rings. The molecule has 0 atom stereocenters. The van der Waals surface area contributed by atoms with Crippen LogP contribution in [-0.4, -0.2) is 30.6 Å². The summed E-state index contributed by atoms with van der Waals surface area (Å²) in [6.07, 6.45) is 0. The third-order valence-electron chi connectivity index (χ3n) is 11.4. The van der Waals surface area contributed by atoms with Crippen molar-refractivity contribution in [3.8, 4) is 84.4 Å². The maximum Gasteiger partial charge on any atom is 0.164 e. The van der Waals surface area contributed by atoms with Gasteiger partial charge in [0.25, 0.3) is 0 Å². The number of aromatic nitrogens is 3. The van der Waals surface area contributed by atoms with Gasteiger partial charge in [0.05, 0.1) is 5.40 Å². The third kappa shape index (κ3) is 6.22. The predicted molar refractivity (Wildman–Crippen MR) is 250 cm³/mol. The van der Waals surface area contributed by atoms with Crippen molar-refractivity contribution in [1.82, 2.24) is 15.0 Å². The molecule has 0 spiro atoms. The fourth-order valence-corrected chi connectivity index (χ4v) is 9.73. The van der Waals surface area contributed by atoms with Crippen LogP contribution in [0, 0.1) is 0 Å². The maximum atomic E-state index is 6.59. The average molecular weight is 772 g/mol. The molecular formula is C52H35B2N3OS. The van der Waals surface area contributed by atoms with Crippen molar-refractivity contribution in [2.75, 3.05) is 0 Å². The maximum absolute atomic E-state index is 6.59. The van der Waals surface area contributed by atoms with Crippen molar-refractivity contribution >= 4 is 47.2 Å². The zero-order chi connectivity index (χ0) is 39.5. The Morgan fingerprint density at radius 3 is 1.71 bits per heavy atom. The molecule has 2 aromatic heterocycles. The molecule has 4 nitrogen and oxygen atoms in total. The fraction of sp³-hybridized carbons (Fsp3) is 0.0192. The lowest BCUT2D eigenvalue weighted by molar-refractivity contribution is 0.241. The Hall–Kier alpha value is -7.08. The predicted octanol–water partition coefficient (Wildman–Crippen LogP) is 11.7. The van der Waals surface area contributed by atoms with Crippen molar-refractivity contribution < 1.29 is 4.74 Å². The summed E-state index contributed by atoms with van der Waals surface area (Å²) in [6.45, 7) is 0. The normalized spacial score (nSPS) is 12.8. The van der Waals surface area contributed by atoms with Gasteiger partial charge in [0.1, 0.15) is 5.75 Å². The fourth-order valence-electron chi connectivity index (χ4n) is 8.50. The molecule has 3 heterocycles. The van der Waals surface area contributed by atoms with E-state index in [0.29, 0.717) is 17.5 Å². The van der Waals surface area contributed by atoms with E-state index < -0.39 is 5.40 Å². The molecular weight excluding hydrogens is 736 g/mol. The van der Waals surface area contributed by atoms with Crippen LogP contribution in [0.2, 0.25) is 0 Å². The van der Waals surface area contributed by atoms with Gasteiger partial charge in [-0.2, -0.15) is 0 Å². The molecule has 276 valence electrons. The van der Waals surface area contributed by atoms with E-state index in [2.05, 4.69) is 198 Å². The van der Waals surface area contributed by atoms with Crippen molar-refractivity contribution in [1.29, 1.82) is 0 Å². The number of rotatable bonds is 6. The Labute approximate surface area is 348 Å². The monoisotopic (exact) mass is 771 g/mol. The van der Waals surface area contributed by atoms with E-state index in [-0.39, 0.29) is 0 Å². The van der Waals surface area contributed by atoms with Crippen molar-refractivity contribution in [3.63, 3.8) is 0 Å². The Morgan fingerprint density at radius 1 is 0.407 bits per heavy atom. The van der Waals surface area contributed by atoms with Gasteiger partial charge in [-0.3, -0.25) is 0 Å². The van der Waals surface area contributed by atoms with Crippen molar-refractivity contribution in [2.24, 2.45) is 0 Å². The zero-order valence-electron chi connectivity index (χ0n) is 32.6. The van der Waals surface area contributed by atoms with E-state index in [9.17, 15) is 0 Å². The number of thiophene rings is 1. The van der Waals surface area contributed by atoms with E-state index in [0.717, 1.165) is 50.3 Å². The second kappa shape index (κ2) is 14.1. The summed E-state index contributed by atoms with van der Waals surface area (Å²) in [7, 11) is 4.26. The third-order valence-corrected chi connectivity index (χ3v) is 12.6. The van der Waals surface area contributed by atoms with Crippen molar-refractivity contribution in [3.05, 3.63) is 194 Å².